The summed E-state index contributed by atoms with van der Waals surface area (Å²) in [6.07, 6.45) is -0.491. The molecule has 0 aliphatic rings. The molecule has 1 atom stereocenters. The van der Waals surface area contributed by atoms with Gasteiger partial charge in [0.05, 0.1) is 5.02 Å². The molecule has 1 rings (SSSR count). The summed E-state index contributed by atoms with van der Waals surface area (Å²) < 4.78 is 9.81. The minimum Gasteiger partial charge on any atom is -0.447 e. The molecular formula is C14H13ClO5. The van der Waals surface area contributed by atoms with E-state index >= 15 is 0 Å². The van der Waals surface area contributed by atoms with E-state index in [9.17, 15) is 14.4 Å². The molecule has 0 aliphatic heterocycles. The topological polar surface area (TPSA) is 69.7 Å². The Hall–Kier alpha value is -2.14. The van der Waals surface area contributed by atoms with Crippen LogP contribution in [0.5, 0.6) is 5.75 Å². The van der Waals surface area contributed by atoms with Crippen LogP contribution in [0.4, 0.5) is 0 Å². The third-order valence-corrected chi connectivity index (χ3v) is 2.61. The molecule has 0 N–H and O–H groups in total. The lowest BCUT2D eigenvalue weighted by Gasteiger charge is -2.12. The van der Waals surface area contributed by atoms with Gasteiger partial charge < -0.3 is 9.47 Å². The van der Waals surface area contributed by atoms with Gasteiger partial charge in [-0.05, 0) is 26.0 Å². The second kappa shape index (κ2) is 6.86. The number of hydrogen-bond donors (Lipinski definition) is 0. The molecule has 1 aromatic carbocycles. The van der Waals surface area contributed by atoms with Gasteiger partial charge in [0, 0.05) is 17.2 Å². The zero-order valence-corrected chi connectivity index (χ0v) is 11.8. The average molecular weight is 297 g/mol. The van der Waals surface area contributed by atoms with E-state index in [1.54, 1.807) is 0 Å². The number of aldehydes is 1. The molecule has 0 saturated carbocycles. The lowest BCUT2D eigenvalue weighted by molar-refractivity contribution is -0.158. The van der Waals surface area contributed by atoms with Crippen molar-refractivity contribution >= 4 is 29.8 Å². The highest BCUT2D eigenvalue weighted by molar-refractivity contribution is 6.33. The lowest BCUT2D eigenvalue weighted by Crippen LogP contribution is -2.28. The smallest absolute Gasteiger partial charge is 0.352 e. The number of ether oxygens (including phenoxy) is 2. The number of esters is 2. The standard InChI is InChI=1S/C14H13ClO5/c1-8(2)13(17)19-9(3)14(18)20-11-5-4-10(7-16)12(15)6-11/h4-7,9H,1H2,2-3H3. The maximum Gasteiger partial charge on any atom is 0.352 e. The summed E-state index contributed by atoms with van der Waals surface area (Å²) >= 11 is 5.80. The summed E-state index contributed by atoms with van der Waals surface area (Å²) in [6, 6.07) is 4.17. The van der Waals surface area contributed by atoms with Crippen LogP contribution in [-0.4, -0.2) is 24.3 Å². The van der Waals surface area contributed by atoms with Gasteiger partial charge in [-0.25, -0.2) is 9.59 Å². The monoisotopic (exact) mass is 296 g/mol. The van der Waals surface area contributed by atoms with E-state index in [1.165, 1.54) is 32.0 Å². The van der Waals surface area contributed by atoms with Crippen molar-refractivity contribution < 1.29 is 23.9 Å². The molecule has 1 aromatic rings. The fraction of sp³-hybridized carbons (Fsp3) is 0.214. The molecule has 6 heteroatoms. The molecule has 0 aromatic heterocycles. The molecule has 0 radical (unpaired) electrons. The van der Waals surface area contributed by atoms with E-state index in [-0.39, 0.29) is 21.9 Å². The van der Waals surface area contributed by atoms with E-state index in [0.29, 0.717) is 6.29 Å². The number of halogens is 1. The van der Waals surface area contributed by atoms with Gasteiger partial charge in [-0.2, -0.15) is 0 Å². The van der Waals surface area contributed by atoms with Crippen molar-refractivity contribution in [3.8, 4) is 5.75 Å². The summed E-state index contributed by atoms with van der Waals surface area (Å²) in [7, 11) is 0. The van der Waals surface area contributed by atoms with Gasteiger partial charge in [0.25, 0.3) is 0 Å². The van der Waals surface area contributed by atoms with E-state index in [0.717, 1.165) is 0 Å². The normalized spacial score (nSPS) is 11.3. The first-order valence-electron chi connectivity index (χ1n) is 5.68. The molecule has 0 saturated heterocycles. The zero-order valence-electron chi connectivity index (χ0n) is 11.0. The highest BCUT2D eigenvalue weighted by atomic mass is 35.5. The molecule has 0 aliphatic carbocycles. The number of benzene rings is 1. The number of carbonyl (C=O) groups is 3. The Morgan fingerprint density at radius 3 is 2.55 bits per heavy atom. The molecule has 5 nitrogen and oxygen atoms in total. The molecule has 106 valence electrons. The predicted molar refractivity (Wildman–Crippen MR) is 72.8 cm³/mol. The van der Waals surface area contributed by atoms with Crippen molar-refractivity contribution in [3.05, 3.63) is 40.9 Å². The van der Waals surface area contributed by atoms with Crippen molar-refractivity contribution in [2.24, 2.45) is 0 Å². The third-order valence-electron chi connectivity index (χ3n) is 2.28. The Kier molecular flexibility index (Phi) is 5.46. The van der Waals surface area contributed by atoms with Gasteiger partial charge >= 0.3 is 11.9 Å². The molecule has 0 spiro atoms. The highest BCUT2D eigenvalue weighted by Gasteiger charge is 2.20. The molecule has 1 unspecified atom stereocenters. The van der Waals surface area contributed by atoms with E-state index in [2.05, 4.69) is 6.58 Å². The Morgan fingerprint density at radius 1 is 1.40 bits per heavy atom. The molecular weight excluding hydrogens is 284 g/mol. The Bertz CT molecular complexity index is 565. The number of hydrogen-bond acceptors (Lipinski definition) is 5. The van der Waals surface area contributed by atoms with Crippen LogP contribution in [0.2, 0.25) is 5.02 Å². The van der Waals surface area contributed by atoms with Crippen LogP contribution in [0.25, 0.3) is 0 Å². The SMILES string of the molecule is C=C(C)C(=O)OC(C)C(=O)Oc1ccc(C=O)c(Cl)c1. The van der Waals surface area contributed by atoms with E-state index in [1.807, 2.05) is 0 Å². The Balaban J connectivity index is 2.70. The van der Waals surface area contributed by atoms with E-state index in [4.69, 9.17) is 21.1 Å². The minimum absolute atomic E-state index is 0.156. The van der Waals surface area contributed by atoms with Crippen molar-refractivity contribution in [1.29, 1.82) is 0 Å². The van der Waals surface area contributed by atoms with Crippen molar-refractivity contribution in [2.45, 2.75) is 20.0 Å². The van der Waals surface area contributed by atoms with Gasteiger partial charge in [0.1, 0.15) is 5.75 Å². The van der Waals surface area contributed by atoms with Crippen LogP contribution in [0.15, 0.2) is 30.4 Å². The quantitative estimate of drug-likeness (QED) is 0.361. The van der Waals surface area contributed by atoms with Gasteiger partial charge in [0.2, 0.25) is 0 Å². The first kappa shape index (κ1) is 15.9. The van der Waals surface area contributed by atoms with Crippen LogP contribution in [0.1, 0.15) is 24.2 Å². The molecule has 20 heavy (non-hydrogen) atoms. The lowest BCUT2D eigenvalue weighted by atomic mass is 10.2. The van der Waals surface area contributed by atoms with Crippen LogP contribution < -0.4 is 4.74 Å². The second-order valence-corrected chi connectivity index (χ2v) is 4.46. The largest absolute Gasteiger partial charge is 0.447 e. The Morgan fingerprint density at radius 2 is 2.05 bits per heavy atom. The number of carbonyl (C=O) groups excluding carboxylic acids is 3. The van der Waals surface area contributed by atoms with Gasteiger partial charge in [0.15, 0.2) is 12.4 Å². The predicted octanol–water partition coefficient (Wildman–Crippen LogP) is 2.57. The molecule has 0 heterocycles. The molecule has 0 bridgehead atoms. The van der Waals surface area contributed by atoms with Gasteiger partial charge in [-0.1, -0.05) is 18.2 Å². The molecule has 0 amide bonds. The minimum atomic E-state index is -1.08. The molecule has 0 fully saturated rings. The zero-order chi connectivity index (χ0) is 15.3. The summed E-state index contributed by atoms with van der Waals surface area (Å²) in [6.45, 7) is 6.26. The fourth-order valence-corrected chi connectivity index (χ4v) is 1.39. The number of rotatable bonds is 5. The fourth-order valence-electron chi connectivity index (χ4n) is 1.18. The van der Waals surface area contributed by atoms with Crippen LogP contribution in [0.3, 0.4) is 0 Å². The van der Waals surface area contributed by atoms with Crippen molar-refractivity contribution in [1.82, 2.24) is 0 Å². The summed E-state index contributed by atoms with van der Waals surface area (Å²) in [4.78, 5) is 33.5. The summed E-state index contributed by atoms with van der Waals surface area (Å²) in [5, 5.41) is 0.164. The van der Waals surface area contributed by atoms with Gasteiger partial charge in [-0.15, -0.1) is 0 Å². The average Bonchev–Trinajstić information content (AvgIpc) is 2.38. The van der Waals surface area contributed by atoms with E-state index < -0.39 is 18.0 Å². The first-order chi connectivity index (χ1) is 9.35. The second-order valence-electron chi connectivity index (χ2n) is 4.05. The van der Waals surface area contributed by atoms with Crippen LogP contribution >= 0.6 is 11.6 Å². The Labute approximate surface area is 121 Å². The summed E-state index contributed by atoms with van der Waals surface area (Å²) in [5.74, 6) is -1.28. The van der Waals surface area contributed by atoms with Crippen molar-refractivity contribution in [3.63, 3.8) is 0 Å². The highest BCUT2D eigenvalue weighted by Crippen LogP contribution is 2.21. The maximum absolute atomic E-state index is 11.7. The summed E-state index contributed by atoms with van der Waals surface area (Å²) in [5.41, 5.74) is 0.469. The van der Waals surface area contributed by atoms with Crippen molar-refractivity contribution in [2.75, 3.05) is 0 Å². The maximum atomic E-state index is 11.7. The van der Waals surface area contributed by atoms with Gasteiger partial charge in [-0.3, -0.25) is 4.79 Å². The third kappa shape index (κ3) is 4.20. The van der Waals surface area contributed by atoms with Crippen LogP contribution in [0, 0.1) is 0 Å². The first-order valence-corrected chi connectivity index (χ1v) is 6.06. The van der Waals surface area contributed by atoms with Crippen LogP contribution in [-0.2, 0) is 14.3 Å².